The van der Waals surface area contributed by atoms with Crippen LogP contribution in [0, 0.1) is 5.82 Å². The number of urea groups is 1. The molecule has 134 valence electrons. The summed E-state index contributed by atoms with van der Waals surface area (Å²) in [5.41, 5.74) is 1.81. The summed E-state index contributed by atoms with van der Waals surface area (Å²) in [4.78, 5) is 20.9. The first-order chi connectivity index (χ1) is 12.0. The van der Waals surface area contributed by atoms with Crippen LogP contribution in [-0.2, 0) is 6.54 Å². The molecule has 3 rings (SSSR count). The van der Waals surface area contributed by atoms with Gasteiger partial charge in [0, 0.05) is 43.2 Å². The summed E-state index contributed by atoms with van der Waals surface area (Å²) in [7, 11) is 0. The van der Waals surface area contributed by atoms with Crippen LogP contribution in [0.15, 0.2) is 29.6 Å². The van der Waals surface area contributed by atoms with Crippen molar-refractivity contribution in [2.75, 3.05) is 26.2 Å². The smallest absolute Gasteiger partial charge is 0.317 e. The predicted molar refractivity (Wildman–Crippen MR) is 98.0 cm³/mol. The van der Waals surface area contributed by atoms with Crippen molar-refractivity contribution in [3.05, 3.63) is 40.5 Å². The van der Waals surface area contributed by atoms with Gasteiger partial charge in [0.15, 0.2) is 0 Å². The Balaban J connectivity index is 1.53. The van der Waals surface area contributed by atoms with E-state index in [2.05, 4.69) is 15.2 Å². The van der Waals surface area contributed by atoms with Gasteiger partial charge in [0.25, 0.3) is 0 Å². The van der Waals surface area contributed by atoms with Gasteiger partial charge in [0.1, 0.15) is 10.8 Å². The van der Waals surface area contributed by atoms with E-state index >= 15 is 0 Å². The second kappa shape index (κ2) is 7.93. The zero-order valence-corrected chi connectivity index (χ0v) is 15.4. The van der Waals surface area contributed by atoms with Crippen LogP contribution in [0.3, 0.4) is 0 Å². The van der Waals surface area contributed by atoms with Crippen molar-refractivity contribution >= 4 is 17.4 Å². The Morgan fingerprint density at radius 3 is 2.56 bits per heavy atom. The molecule has 0 unspecified atom stereocenters. The Morgan fingerprint density at radius 2 is 1.92 bits per heavy atom. The average Bonchev–Trinajstić information content (AvgIpc) is 3.04. The standard InChI is InChI=1S/C18H23FN4OS/c1-13(2)20-18(24)23-9-7-22(8-10-23)11-17-21-16(12-25-17)14-3-5-15(19)6-4-14/h3-6,12-13H,7-11H2,1-2H3,(H,20,24). The molecule has 1 aliphatic rings. The van der Waals surface area contributed by atoms with Crippen LogP contribution in [0.1, 0.15) is 18.9 Å². The number of hydrogen-bond acceptors (Lipinski definition) is 4. The molecule has 1 saturated heterocycles. The van der Waals surface area contributed by atoms with Crippen molar-refractivity contribution in [2.45, 2.75) is 26.4 Å². The molecule has 1 aromatic heterocycles. The molecule has 0 aliphatic carbocycles. The SMILES string of the molecule is CC(C)NC(=O)N1CCN(Cc2nc(-c3ccc(F)cc3)cs2)CC1. The zero-order valence-electron chi connectivity index (χ0n) is 14.5. The van der Waals surface area contributed by atoms with Gasteiger partial charge in [-0.15, -0.1) is 11.3 Å². The molecule has 0 radical (unpaired) electrons. The molecule has 7 heteroatoms. The summed E-state index contributed by atoms with van der Waals surface area (Å²) < 4.78 is 13.0. The zero-order chi connectivity index (χ0) is 17.8. The number of carbonyl (C=O) groups is 1. The number of amides is 2. The second-order valence-corrected chi connectivity index (χ2v) is 7.44. The van der Waals surface area contributed by atoms with E-state index in [1.165, 1.54) is 12.1 Å². The highest BCUT2D eigenvalue weighted by molar-refractivity contribution is 7.09. The number of piperazine rings is 1. The largest absolute Gasteiger partial charge is 0.336 e. The van der Waals surface area contributed by atoms with Crippen molar-refractivity contribution in [3.8, 4) is 11.3 Å². The molecule has 2 heterocycles. The first-order valence-corrected chi connectivity index (χ1v) is 9.37. The second-order valence-electron chi connectivity index (χ2n) is 6.50. The molecule has 0 atom stereocenters. The number of thiazole rings is 1. The third-order valence-corrected chi connectivity index (χ3v) is 4.96. The molecule has 0 bridgehead atoms. The van der Waals surface area contributed by atoms with E-state index in [1.54, 1.807) is 23.5 Å². The topological polar surface area (TPSA) is 48.5 Å². The Hall–Kier alpha value is -1.99. The number of nitrogens with one attached hydrogen (secondary N) is 1. The van der Waals surface area contributed by atoms with Gasteiger partial charge in [-0.25, -0.2) is 14.2 Å². The lowest BCUT2D eigenvalue weighted by molar-refractivity contribution is 0.134. The third kappa shape index (κ3) is 4.76. The average molecular weight is 362 g/mol. The van der Waals surface area contributed by atoms with Gasteiger partial charge in [0.05, 0.1) is 12.2 Å². The molecule has 5 nitrogen and oxygen atoms in total. The maximum Gasteiger partial charge on any atom is 0.317 e. The summed E-state index contributed by atoms with van der Waals surface area (Å²) in [5.74, 6) is -0.237. The maximum absolute atomic E-state index is 13.0. The summed E-state index contributed by atoms with van der Waals surface area (Å²) in [6.07, 6.45) is 0. The highest BCUT2D eigenvalue weighted by atomic mass is 32.1. The Labute approximate surface area is 151 Å². The van der Waals surface area contributed by atoms with Crippen LogP contribution in [-0.4, -0.2) is 53.0 Å². The van der Waals surface area contributed by atoms with Gasteiger partial charge in [-0.2, -0.15) is 0 Å². The molecule has 2 aromatic rings. The first kappa shape index (κ1) is 17.8. The minimum Gasteiger partial charge on any atom is -0.336 e. The van der Waals surface area contributed by atoms with Crippen LogP contribution in [0.25, 0.3) is 11.3 Å². The molecule has 1 fully saturated rings. The lowest BCUT2D eigenvalue weighted by Crippen LogP contribution is -2.52. The van der Waals surface area contributed by atoms with E-state index < -0.39 is 0 Å². The monoisotopic (exact) mass is 362 g/mol. The minimum absolute atomic E-state index is 0.0162. The van der Waals surface area contributed by atoms with Gasteiger partial charge < -0.3 is 10.2 Å². The first-order valence-electron chi connectivity index (χ1n) is 8.49. The Bertz CT molecular complexity index is 708. The van der Waals surface area contributed by atoms with E-state index in [0.29, 0.717) is 0 Å². The lowest BCUT2D eigenvalue weighted by atomic mass is 10.2. The molecule has 2 amide bonds. The number of hydrogen-bond donors (Lipinski definition) is 1. The number of aromatic nitrogens is 1. The molecule has 1 N–H and O–H groups in total. The fourth-order valence-electron chi connectivity index (χ4n) is 2.78. The van der Waals surface area contributed by atoms with Gasteiger partial charge in [0.2, 0.25) is 0 Å². The predicted octanol–water partition coefficient (Wildman–Crippen LogP) is 3.18. The number of rotatable bonds is 4. The van der Waals surface area contributed by atoms with Crippen molar-refractivity contribution in [1.29, 1.82) is 0 Å². The number of halogens is 1. The van der Waals surface area contributed by atoms with Crippen LogP contribution >= 0.6 is 11.3 Å². The molecule has 1 aliphatic heterocycles. The maximum atomic E-state index is 13.0. The third-order valence-electron chi connectivity index (χ3n) is 4.12. The van der Waals surface area contributed by atoms with Gasteiger partial charge in [-0.05, 0) is 38.1 Å². The molecule has 0 spiro atoms. The van der Waals surface area contributed by atoms with Gasteiger partial charge in [-0.1, -0.05) is 0 Å². The van der Waals surface area contributed by atoms with Crippen molar-refractivity contribution in [1.82, 2.24) is 20.1 Å². The number of nitrogens with zero attached hydrogens (tertiary/aromatic N) is 3. The normalized spacial score (nSPS) is 15.6. The van der Waals surface area contributed by atoms with E-state index in [9.17, 15) is 9.18 Å². The molecule has 1 aromatic carbocycles. The summed E-state index contributed by atoms with van der Waals surface area (Å²) in [5, 5.41) is 5.98. The van der Waals surface area contributed by atoms with Crippen molar-refractivity contribution < 1.29 is 9.18 Å². The fourth-order valence-corrected chi connectivity index (χ4v) is 3.62. The van der Waals surface area contributed by atoms with Crippen LogP contribution in [0.2, 0.25) is 0 Å². The summed E-state index contributed by atoms with van der Waals surface area (Å²) >= 11 is 1.62. The van der Waals surface area contributed by atoms with Crippen LogP contribution in [0.5, 0.6) is 0 Å². The molecule has 0 saturated carbocycles. The van der Waals surface area contributed by atoms with Gasteiger partial charge in [-0.3, -0.25) is 4.90 Å². The van der Waals surface area contributed by atoms with E-state index in [-0.39, 0.29) is 17.9 Å². The fraction of sp³-hybridized carbons (Fsp3) is 0.444. The quantitative estimate of drug-likeness (QED) is 0.909. The Morgan fingerprint density at radius 1 is 1.24 bits per heavy atom. The molecule has 25 heavy (non-hydrogen) atoms. The summed E-state index contributed by atoms with van der Waals surface area (Å²) in [6, 6.07) is 6.58. The minimum atomic E-state index is -0.237. The van der Waals surface area contributed by atoms with Crippen molar-refractivity contribution in [2.24, 2.45) is 0 Å². The highest BCUT2D eigenvalue weighted by Gasteiger charge is 2.22. The van der Waals surface area contributed by atoms with E-state index in [0.717, 1.165) is 49.0 Å². The molecular weight excluding hydrogens is 339 g/mol. The van der Waals surface area contributed by atoms with Crippen molar-refractivity contribution in [3.63, 3.8) is 0 Å². The van der Waals surface area contributed by atoms with E-state index in [1.807, 2.05) is 24.1 Å². The van der Waals surface area contributed by atoms with Crippen LogP contribution < -0.4 is 5.32 Å². The number of benzene rings is 1. The molecular formula is C18H23FN4OS. The van der Waals surface area contributed by atoms with E-state index in [4.69, 9.17) is 0 Å². The highest BCUT2D eigenvalue weighted by Crippen LogP contribution is 2.23. The van der Waals surface area contributed by atoms with Gasteiger partial charge >= 0.3 is 6.03 Å². The van der Waals surface area contributed by atoms with Crippen LogP contribution in [0.4, 0.5) is 9.18 Å². The number of carbonyl (C=O) groups excluding carboxylic acids is 1. The summed E-state index contributed by atoms with van der Waals surface area (Å²) in [6.45, 7) is 7.87. The lowest BCUT2D eigenvalue weighted by Gasteiger charge is -2.34. The Kier molecular flexibility index (Phi) is 5.65.